The molecule has 0 saturated carbocycles. The van der Waals surface area contributed by atoms with Crippen molar-refractivity contribution in [1.29, 1.82) is 0 Å². The molecule has 0 radical (unpaired) electrons. The van der Waals surface area contributed by atoms with Crippen LogP contribution in [0.5, 0.6) is 23.3 Å². The van der Waals surface area contributed by atoms with E-state index < -0.39 is 10.8 Å². The molecule has 12 rings (SSSR count). The molecule has 0 unspecified atom stereocenters. The molecule has 71 heavy (non-hydrogen) atoms. The number of pyridine rings is 2. The molecule has 0 aliphatic rings. The molecule has 0 atom stereocenters. The molecule has 0 N–H and O–H groups in total. The smallest absolute Gasteiger partial charge is 0.237 e. The van der Waals surface area contributed by atoms with Crippen molar-refractivity contribution in [3.63, 3.8) is 0 Å². The maximum atomic E-state index is 6.43. The quantitative estimate of drug-likeness (QED) is 0.106. The van der Waals surface area contributed by atoms with Crippen LogP contribution in [0.1, 0.15) is 44.5 Å². The van der Waals surface area contributed by atoms with Gasteiger partial charge in [0.1, 0.15) is 24.2 Å². The lowest BCUT2D eigenvalue weighted by atomic mass is 9.65. The summed E-state index contributed by atoms with van der Waals surface area (Å²) >= 11 is 0. The van der Waals surface area contributed by atoms with Gasteiger partial charge in [-0.15, -0.1) is 0 Å². The normalized spacial score (nSPS) is 11.7. The van der Waals surface area contributed by atoms with E-state index in [0.29, 0.717) is 29.2 Å². The van der Waals surface area contributed by atoms with Crippen molar-refractivity contribution in [3.8, 4) is 29.2 Å². The van der Waals surface area contributed by atoms with Crippen molar-refractivity contribution < 1.29 is 9.47 Å². The molecule has 0 spiro atoms. The van der Waals surface area contributed by atoms with E-state index in [9.17, 15) is 0 Å². The van der Waals surface area contributed by atoms with Crippen LogP contribution in [0.15, 0.2) is 268 Å². The molecule has 0 bridgehead atoms. The molecule has 8 nitrogen and oxygen atoms in total. The van der Waals surface area contributed by atoms with Gasteiger partial charge in [0.25, 0.3) is 0 Å². The predicted molar refractivity (Wildman–Crippen MR) is 279 cm³/mol. The summed E-state index contributed by atoms with van der Waals surface area (Å²) in [6.45, 7) is 0. The maximum Gasteiger partial charge on any atom is 0.237 e. The zero-order valence-corrected chi connectivity index (χ0v) is 38.4. The highest BCUT2D eigenvalue weighted by Gasteiger charge is 2.41. The Balaban J connectivity index is 1.13. The average Bonchev–Trinajstić information content (AvgIpc) is 3.77. The van der Waals surface area contributed by atoms with Crippen molar-refractivity contribution >= 4 is 21.8 Å². The van der Waals surface area contributed by atoms with E-state index in [2.05, 4.69) is 214 Å². The molecule has 0 fully saturated rings. The van der Waals surface area contributed by atoms with Gasteiger partial charge in [0.05, 0.1) is 21.9 Å². The number of nitrogens with zero attached hydrogens (tertiary/aromatic N) is 6. The van der Waals surface area contributed by atoms with Crippen LogP contribution in [0.2, 0.25) is 0 Å². The van der Waals surface area contributed by atoms with Crippen molar-refractivity contribution in [3.05, 3.63) is 312 Å². The number of benzene rings is 8. The third-order valence-corrected chi connectivity index (χ3v) is 13.4. The van der Waals surface area contributed by atoms with E-state index in [1.807, 2.05) is 48.5 Å². The molecule has 0 aliphatic carbocycles. The lowest BCUT2D eigenvalue weighted by Crippen LogP contribution is -2.31. The zero-order chi connectivity index (χ0) is 47.5. The number of rotatable bonds is 13. The summed E-state index contributed by atoms with van der Waals surface area (Å²) in [4.78, 5) is 22.9. The summed E-state index contributed by atoms with van der Waals surface area (Å²) in [7, 11) is 0. The highest BCUT2D eigenvalue weighted by Crippen LogP contribution is 2.50. The largest absolute Gasteiger partial charge is 0.439 e. The van der Waals surface area contributed by atoms with Gasteiger partial charge in [-0.05, 0) is 93.0 Å². The third kappa shape index (κ3) is 7.64. The van der Waals surface area contributed by atoms with Crippen LogP contribution in [0.25, 0.3) is 27.8 Å². The predicted octanol–water partition coefficient (Wildman–Crippen LogP) is 14.1. The number of hydrogen-bond acceptors (Lipinski definition) is 7. The van der Waals surface area contributed by atoms with Gasteiger partial charge in [0.15, 0.2) is 0 Å². The third-order valence-electron chi connectivity index (χ3n) is 13.4. The Morgan fingerprint density at radius 2 is 0.676 bits per heavy atom. The monoisotopic (exact) mass is 916 g/mol. The average molecular weight is 917 g/mol. The second-order valence-electron chi connectivity index (χ2n) is 17.3. The van der Waals surface area contributed by atoms with E-state index in [1.165, 1.54) is 0 Å². The number of aromatic nitrogens is 6. The molecular formula is C63H44N6O2. The first kappa shape index (κ1) is 42.8. The van der Waals surface area contributed by atoms with Crippen LogP contribution in [-0.2, 0) is 10.8 Å². The summed E-state index contributed by atoms with van der Waals surface area (Å²) in [5.74, 6) is 2.90. The SMILES string of the molecule is c1ccc(C(c2ccccc2)(c2cccc(Oc3ccccn3)c2)c2ccc3c4ccc(C(c5ccccc5)(c5ccccc5)c5cccc(Oc6ccccn6)c5)cc4n(-c4ncncn4)c3c2)cc1. The van der Waals surface area contributed by atoms with Gasteiger partial charge < -0.3 is 9.47 Å². The first-order valence-corrected chi connectivity index (χ1v) is 23.5. The molecular weight excluding hydrogens is 873 g/mol. The first-order valence-electron chi connectivity index (χ1n) is 23.5. The Morgan fingerprint density at radius 3 is 1.06 bits per heavy atom. The van der Waals surface area contributed by atoms with Gasteiger partial charge in [-0.25, -0.2) is 24.9 Å². The molecule has 4 heterocycles. The molecule has 0 saturated heterocycles. The Labute approximate surface area is 411 Å². The van der Waals surface area contributed by atoms with Crippen molar-refractivity contribution in [2.75, 3.05) is 0 Å². The van der Waals surface area contributed by atoms with Crippen LogP contribution in [0.4, 0.5) is 0 Å². The second kappa shape index (κ2) is 18.5. The molecule has 8 aromatic carbocycles. The van der Waals surface area contributed by atoms with E-state index in [1.54, 1.807) is 25.0 Å². The Kier molecular flexibility index (Phi) is 11.2. The molecule has 12 aromatic rings. The van der Waals surface area contributed by atoms with Gasteiger partial charge >= 0.3 is 0 Å². The Hall–Kier alpha value is -9.53. The van der Waals surface area contributed by atoms with Gasteiger partial charge in [-0.2, -0.15) is 0 Å². The molecule has 0 aliphatic heterocycles. The fraction of sp³-hybridized carbons (Fsp3) is 0.0317. The van der Waals surface area contributed by atoms with E-state index >= 15 is 0 Å². The van der Waals surface area contributed by atoms with Crippen molar-refractivity contribution in [2.24, 2.45) is 0 Å². The van der Waals surface area contributed by atoms with Crippen LogP contribution in [0, 0.1) is 0 Å². The van der Waals surface area contributed by atoms with Crippen LogP contribution in [0.3, 0.4) is 0 Å². The first-order chi connectivity index (χ1) is 35.2. The van der Waals surface area contributed by atoms with E-state index in [-0.39, 0.29) is 0 Å². The summed E-state index contributed by atoms with van der Waals surface area (Å²) in [5, 5.41) is 2.10. The fourth-order valence-electron chi connectivity index (χ4n) is 10.4. The highest BCUT2D eigenvalue weighted by molar-refractivity contribution is 6.09. The van der Waals surface area contributed by atoms with Gasteiger partial charge in [-0.3, -0.25) is 4.57 Å². The van der Waals surface area contributed by atoms with Gasteiger partial charge in [0, 0.05) is 35.3 Å². The minimum Gasteiger partial charge on any atom is -0.439 e. The summed E-state index contributed by atoms with van der Waals surface area (Å²) in [6, 6.07) is 84.5. The molecule has 338 valence electrons. The summed E-state index contributed by atoms with van der Waals surface area (Å²) < 4.78 is 15.0. The highest BCUT2D eigenvalue weighted by atomic mass is 16.5. The summed E-state index contributed by atoms with van der Waals surface area (Å²) in [6.07, 6.45) is 6.60. The Morgan fingerprint density at radius 1 is 0.310 bits per heavy atom. The number of hydrogen-bond donors (Lipinski definition) is 0. The molecule has 0 amide bonds. The van der Waals surface area contributed by atoms with E-state index in [4.69, 9.17) is 19.4 Å². The van der Waals surface area contributed by atoms with Crippen molar-refractivity contribution in [2.45, 2.75) is 10.8 Å². The van der Waals surface area contributed by atoms with Crippen molar-refractivity contribution in [1.82, 2.24) is 29.5 Å². The van der Waals surface area contributed by atoms with E-state index in [0.717, 1.165) is 66.3 Å². The minimum absolute atomic E-state index is 0.501. The van der Waals surface area contributed by atoms with Crippen LogP contribution in [-0.4, -0.2) is 29.5 Å². The van der Waals surface area contributed by atoms with Crippen LogP contribution >= 0.6 is 0 Å². The number of ether oxygens (including phenoxy) is 2. The maximum absolute atomic E-state index is 6.43. The van der Waals surface area contributed by atoms with Gasteiger partial charge in [0.2, 0.25) is 17.7 Å². The fourth-order valence-corrected chi connectivity index (χ4v) is 10.4. The Bertz CT molecular complexity index is 3440. The second-order valence-corrected chi connectivity index (χ2v) is 17.3. The topological polar surface area (TPSA) is 87.8 Å². The summed E-state index contributed by atoms with van der Waals surface area (Å²) in [5.41, 5.74) is 8.76. The molecule has 8 heteroatoms. The number of fused-ring (bicyclic) bond motifs is 3. The standard InChI is InChI=1S/C63H44N6O2/c1-5-19-45(20-6-1)62(46-21-7-2-8-22-46,49-27-17-29-53(39-49)70-59-31-13-15-37-65-59)51-33-35-55-56-36-34-52(42-58(56)69(57(55)41-51)61-67-43-64-44-68-61)63(47-23-9-3-10-24-47,48-25-11-4-12-26-48)50-28-18-30-54(40-50)71-60-32-14-16-38-66-60/h1-44H. The van der Waals surface area contributed by atoms with Gasteiger partial charge in [-0.1, -0.05) is 182 Å². The zero-order valence-electron chi connectivity index (χ0n) is 38.4. The minimum atomic E-state index is -0.816. The molecule has 4 aromatic heterocycles. The lowest BCUT2D eigenvalue weighted by molar-refractivity contribution is 0.461. The lowest BCUT2D eigenvalue weighted by Gasteiger charge is -2.37. The van der Waals surface area contributed by atoms with Crippen LogP contribution < -0.4 is 9.47 Å².